The number of nitrogens with zero attached hydrogens (tertiary/aromatic N) is 3. The van der Waals surface area contributed by atoms with Crippen LogP contribution < -0.4 is 0 Å². The number of fused-ring (bicyclic) bond motifs is 1. The molecule has 1 aliphatic rings. The second-order valence-corrected chi connectivity index (χ2v) is 6.87. The summed E-state index contributed by atoms with van der Waals surface area (Å²) < 4.78 is 1.04. The first-order chi connectivity index (χ1) is 11.7. The minimum absolute atomic E-state index is 0.0429. The number of carbonyl (C=O) groups excluding carboxylic acids is 1. The van der Waals surface area contributed by atoms with Crippen LogP contribution in [0.5, 0.6) is 0 Å². The Labute approximate surface area is 148 Å². The lowest BCUT2D eigenvalue weighted by Crippen LogP contribution is -2.31. The van der Waals surface area contributed by atoms with Gasteiger partial charge >= 0.3 is 0 Å². The molecule has 0 bridgehead atoms. The molecule has 120 valence electrons. The van der Waals surface area contributed by atoms with Gasteiger partial charge in [0.25, 0.3) is 5.91 Å². The van der Waals surface area contributed by atoms with Crippen LogP contribution in [0.2, 0.25) is 0 Å². The summed E-state index contributed by atoms with van der Waals surface area (Å²) in [5.74, 6) is -0.0429. The van der Waals surface area contributed by atoms with Gasteiger partial charge in [-0.05, 0) is 42.7 Å². The normalized spacial score (nSPS) is 17.4. The molecule has 4 nitrogen and oxygen atoms in total. The van der Waals surface area contributed by atoms with Gasteiger partial charge in [0.1, 0.15) is 5.69 Å². The fourth-order valence-electron chi connectivity index (χ4n) is 3.25. The highest BCUT2D eigenvalue weighted by Crippen LogP contribution is 2.33. The number of para-hydroxylation sites is 2. The second-order valence-electron chi connectivity index (χ2n) is 5.95. The van der Waals surface area contributed by atoms with E-state index in [1.807, 2.05) is 41.3 Å². The van der Waals surface area contributed by atoms with E-state index in [4.69, 9.17) is 0 Å². The summed E-state index contributed by atoms with van der Waals surface area (Å²) in [5.41, 5.74) is 3.14. The lowest BCUT2D eigenvalue weighted by Gasteiger charge is -2.24. The summed E-state index contributed by atoms with van der Waals surface area (Å²) in [6.45, 7) is 0.758. The molecule has 0 spiro atoms. The Morgan fingerprint density at radius 3 is 2.62 bits per heavy atom. The molecule has 1 amide bonds. The molecule has 1 aromatic heterocycles. The van der Waals surface area contributed by atoms with Gasteiger partial charge in [-0.1, -0.05) is 40.2 Å². The van der Waals surface area contributed by atoms with Crippen LogP contribution in [0, 0.1) is 0 Å². The van der Waals surface area contributed by atoms with Gasteiger partial charge in [0.15, 0.2) is 0 Å². The molecular formula is C19H16BrN3O. The van der Waals surface area contributed by atoms with Gasteiger partial charge in [-0.3, -0.25) is 9.78 Å². The fourth-order valence-corrected chi connectivity index (χ4v) is 3.51. The second kappa shape index (κ2) is 6.32. The van der Waals surface area contributed by atoms with Crippen molar-refractivity contribution in [2.24, 2.45) is 0 Å². The molecule has 2 aromatic carbocycles. The van der Waals surface area contributed by atoms with Gasteiger partial charge in [-0.25, -0.2) is 4.98 Å². The van der Waals surface area contributed by atoms with Crippen molar-refractivity contribution in [2.75, 3.05) is 6.54 Å². The molecule has 2 heterocycles. The van der Waals surface area contributed by atoms with Crippen molar-refractivity contribution in [1.82, 2.24) is 14.9 Å². The number of hydrogen-bond donors (Lipinski definition) is 0. The summed E-state index contributed by atoms with van der Waals surface area (Å²) in [4.78, 5) is 23.7. The Bertz CT molecular complexity index is 895. The maximum absolute atomic E-state index is 13.0. The molecule has 1 saturated heterocycles. The van der Waals surface area contributed by atoms with Gasteiger partial charge in [0.2, 0.25) is 0 Å². The maximum Gasteiger partial charge on any atom is 0.274 e. The van der Waals surface area contributed by atoms with E-state index in [1.54, 1.807) is 6.20 Å². The highest BCUT2D eigenvalue weighted by molar-refractivity contribution is 9.10. The minimum Gasteiger partial charge on any atom is -0.330 e. The maximum atomic E-state index is 13.0. The Morgan fingerprint density at radius 2 is 1.83 bits per heavy atom. The van der Waals surface area contributed by atoms with Crippen LogP contribution in [-0.4, -0.2) is 27.3 Å². The predicted molar refractivity (Wildman–Crippen MR) is 96.7 cm³/mol. The van der Waals surface area contributed by atoms with E-state index in [-0.39, 0.29) is 11.9 Å². The average Bonchev–Trinajstić information content (AvgIpc) is 3.11. The monoisotopic (exact) mass is 381 g/mol. The SMILES string of the molecule is O=C(c1cnc2ccccc2n1)N1CCCC1c1ccc(Br)cc1. The molecule has 3 aromatic rings. The van der Waals surface area contributed by atoms with Crippen LogP contribution in [-0.2, 0) is 0 Å². The smallest absolute Gasteiger partial charge is 0.274 e. The summed E-state index contributed by atoms with van der Waals surface area (Å²) >= 11 is 3.46. The van der Waals surface area contributed by atoms with Gasteiger partial charge in [0, 0.05) is 11.0 Å². The third-order valence-corrected chi connectivity index (χ3v) is 4.96. The molecule has 5 heteroatoms. The Hall–Kier alpha value is -2.27. The van der Waals surface area contributed by atoms with Crippen LogP contribution in [0.1, 0.15) is 34.9 Å². The third-order valence-electron chi connectivity index (χ3n) is 4.44. The van der Waals surface area contributed by atoms with Gasteiger partial charge in [0.05, 0.1) is 23.3 Å². The number of hydrogen-bond acceptors (Lipinski definition) is 3. The summed E-state index contributed by atoms with van der Waals surface area (Å²) in [6, 6.07) is 15.9. The minimum atomic E-state index is -0.0429. The van der Waals surface area contributed by atoms with E-state index in [9.17, 15) is 4.79 Å². The number of halogens is 1. The van der Waals surface area contributed by atoms with Gasteiger partial charge in [-0.15, -0.1) is 0 Å². The van der Waals surface area contributed by atoms with E-state index in [1.165, 1.54) is 0 Å². The molecule has 1 atom stereocenters. The van der Waals surface area contributed by atoms with Crippen molar-refractivity contribution >= 4 is 32.9 Å². The van der Waals surface area contributed by atoms with Crippen LogP contribution in [0.15, 0.2) is 59.2 Å². The van der Waals surface area contributed by atoms with E-state index in [0.717, 1.165) is 40.5 Å². The molecule has 0 N–H and O–H groups in total. The molecule has 1 fully saturated rings. The molecular weight excluding hydrogens is 366 g/mol. The number of likely N-dealkylation sites (tertiary alicyclic amines) is 1. The highest BCUT2D eigenvalue weighted by atomic mass is 79.9. The molecule has 0 saturated carbocycles. The van der Waals surface area contributed by atoms with Crippen LogP contribution in [0.25, 0.3) is 11.0 Å². The standard InChI is InChI=1S/C19H16BrN3O/c20-14-9-7-13(8-10-14)18-6-3-11-23(18)19(24)17-12-21-15-4-1-2-5-16(15)22-17/h1-2,4-5,7-10,12,18H,3,6,11H2. The molecule has 0 radical (unpaired) electrons. The Balaban J connectivity index is 1.65. The number of rotatable bonds is 2. The van der Waals surface area contributed by atoms with Crippen molar-refractivity contribution in [3.05, 3.63) is 70.5 Å². The van der Waals surface area contributed by atoms with Crippen molar-refractivity contribution < 1.29 is 4.79 Å². The van der Waals surface area contributed by atoms with Crippen LogP contribution in [0.4, 0.5) is 0 Å². The van der Waals surface area contributed by atoms with Crippen LogP contribution in [0.3, 0.4) is 0 Å². The van der Waals surface area contributed by atoms with E-state index < -0.39 is 0 Å². The van der Waals surface area contributed by atoms with Crippen LogP contribution >= 0.6 is 15.9 Å². The van der Waals surface area contributed by atoms with E-state index >= 15 is 0 Å². The molecule has 4 rings (SSSR count). The Kier molecular flexibility index (Phi) is 4.02. The van der Waals surface area contributed by atoms with Crippen molar-refractivity contribution in [1.29, 1.82) is 0 Å². The summed E-state index contributed by atoms with van der Waals surface area (Å²) in [5, 5.41) is 0. The Morgan fingerprint density at radius 1 is 1.08 bits per heavy atom. The first kappa shape index (κ1) is 15.3. The van der Waals surface area contributed by atoms with Crippen molar-refractivity contribution in [3.63, 3.8) is 0 Å². The van der Waals surface area contributed by atoms with Crippen molar-refractivity contribution in [2.45, 2.75) is 18.9 Å². The lowest BCUT2D eigenvalue weighted by atomic mass is 10.0. The third kappa shape index (κ3) is 2.80. The summed E-state index contributed by atoms with van der Waals surface area (Å²) in [7, 11) is 0. The molecule has 0 aliphatic carbocycles. The molecule has 1 unspecified atom stereocenters. The number of aromatic nitrogens is 2. The summed E-state index contributed by atoms with van der Waals surface area (Å²) in [6.07, 6.45) is 3.57. The first-order valence-corrected chi connectivity index (χ1v) is 8.80. The quantitative estimate of drug-likeness (QED) is 0.661. The number of amides is 1. The first-order valence-electron chi connectivity index (χ1n) is 8.00. The zero-order valence-electron chi connectivity index (χ0n) is 13.0. The number of carbonyl (C=O) groups is 1. The number of benzene rings is 2. The van der Waals surface area contributed by atoms with E-state index in [2.05, 4.69) is 38.0 Å². The van der Waals surface area contributed by atoms with Crippen molar-refractivity contribution in [3.8, 4) is 0 Å². The van der Waals surface area contributed by atoms with Gasteiger partial charge in [-0.2, -0.15) is 0 Å². The fraction of sp³-hybridized carbons (Fsp3) is 0.211. The lowest BCUT2D eigenvalue weighted by molar-refractivity contribution is 0.0729. The van der Waals surface area contributed by atoms with E-state index in [0.29, 0.717) is 5.69 Å². The highest BCUT2D eigenvalue weighted by Gasteiger charge is 2.31. The molecule has 1 aliphatic heterocycles. The topological polar surface area (TPSA) is 46.1 Å². The largest absolute Gasteiger partial charge is 0.330 e. The zero-order valence-corrected chi connectivity index (χ0v) is 14.6. The predicted octanol–water partition coefficient (Wildman–Crippen LogP) is 4.37. The zero-order chi connectivity index (χ0) is 16.5. The molecule has 24 heavy (non-hydrogen) atoms. The average molecular weight is 382 g/mol. The van der Waals surface area contributed by atoms with Gasteiger partial charge < -0.3 is 4.90 Å².